The van der Waals surface area contributed by atoms with Gasteiger partial charge in [-0.15, -0.1) is 0 Å². The lowest BCUT2D eigenvalue weighted by molar-refractivity contribution is -0.143. The van der Waals surface area contributed by atoms with E-state index in [0.29, 0.717) is 0 Å². The molecule has 0 aliphatic carbocycles. The predicted molar refractivity (Wildman–Crippen MR) is 178 cm³/mol. The number of phenolic OH excluding ortho intramolecular Hbond substituents is 2. The third kappa shape index (κ3) is 9.66. The molecule has 0 heterocycles. The maximum Gasteiger partial charge on any atom is 0.338 e. The zero-order chi connectivity index (χ0) is 37.7. The Morgan fingerprint density at radius 3 is 1.78 bits per heavy atom. The lowest BCUT2D eigenvalue weighted by atomic mass is 9.95. The molecule has 0 radical (unpaired) electrons. The van der Waals surface area contributed by atoms with Crippen LogP contribution >= 0.6 is 0 Å². The summed E-state index contributed by atoms with van der Waals surface area (Å²) in [6.07, 6.45) is -0.568. The second-order valence-corrected chi connectivity index (χ2v) is 12.2. The number of hydrogen-bond acceptors (Lipinski definition) is 13. The van der Waals surface area contributed by atoms with Crippen molar-refractivity contribution in [3.05, 3.63) is 83.5 Å². The first kappa shape index (κ1) is 38.2. The standard InChI is InChI=1S/C37H36O13/c1-18(2)34(43)48-30-13-22(25(20(5)38)17-28(30)41)12-27(40)26-14-24(16-32(33(26)42)49-35(44)19(3)4)47-23-10-11-29(46-21(6)39)31(15-23)50-36(45)37(7,8)9/h10-11,13-17,41-42H,1,3,12H2,2,4-9H3. The van der Waals surface area contributed by atoms with Gasteiger partial charge in [-0.25, -0.2) is 9.59 Å². The number of carbonyl (C=O) groups excluding carboxylic acids is 6. The minimum Gasteiger partial charge on any atom is -0.504 e. The number of ketones is 2. The second-order valence-electron chi connectivity index (χ2n) is 12.2. The summed E-state index contributed by atoms with van der Waals surface area (Å²) in [6, 6.07) is 8.34. The molecule has 3 rings (SSSR count). The van der Waals surface area contributed by atoms with Crippen LogP contribution in [-0.2, 0) is 25.6 Å². The van der Waals surface area contributed by atoms with Gasteiger partial charge in [-0.3, -0.25) is 19.2 Å². The van der Waals surface area contributed by atoms with E-state index in [2.05, 4.69) is 13.2 Å². The molecule has 0 aliphatic heterocycles. The molecular formula is C37H36O13. The van der Waals surface area contributed by atoms with Crippen LogP contribution in [0.15, 0.2) is 66.8 Å². The Kier molecular flexibility index (Phi) is 11.7. The van der Waals surface area contributed by atoms with Gasteiger partial charge in [0.25, 0.3) is 0 Å². The van der Waals surface area contributed by atoms with Crippen LogP contribution in [0.4, 0.5) is 0 Å². The molecule has 0 bridgehead atoms. The Hall–Kier alpha value is -6.24. The molecule has 0 aromatic heterocycles. The Balaban J connectivity index is 2.12. The first-order chi connectivity index (χ1) is 23.2. The molecule has 2 N–H and O–H groups in total. The van der Waals surface area contributed by atoms with Gasteiger partial charge in [0, 0.05) is 42.2 Å². The number of esters is 4. The van der Waals surface area contributed by atoms with Crippen LogP contribution in [0.1, 0.15) is 74.7 Å². The highest BCUT2D eigenvalue weighted by molar-refractivity contribution is 6.04. The van der Waals surface area contributed by atoms with Gasteiger partial charge < -0.3 is 33.9 Å². The van der Waals surface area contributed by atoms with Gasteiger partial charge >= 0.3 is 23.9 Å². The lowest BCUT2D eigenvalue weighted by Crippen LogP contribution is -2.25. The maximum absolute atomic E-state index is 13.8. The van der Waals surface area contributed by atoms with Crippen molar-refractivity contribution in [3.8, 4) is 46.0 Å². The van der Waals surface area contributed by atoms with Crippen molar-refractivity contribution in [2.45, 2.75) is 54.9 Å². The molecular weight excluding hydrogens is 652 g/mol. The van der Waals surface area contributed by atoms with E-state index in [4.69, 9.17) is 23.7 Å². The van der Waals surface area contributed by atoms with E-state index in [1.807, 2.05) is 0 Å². The average molecular weight is 689 g/mol. The van der Waals surface area contributed by atoms with E-state index in [1.165, 1.54) is 39.0 Å². The van der Waals surface area contributed by atoms with Crippen molar-refractivity contribution in [2.24, 2.45) is 5.41 Å². The molecule has 0 saturated heterocycles. The van der Waals surface area contributed by atoms with Gasteiger partial charge in [0.2, 0.25) is 0 Å². The van der Waals surface area contributed by atoms with Crippen LogP contribution in [-0.4, -0.2) is 45.7 Å². The molecule has 0 spiro atoms. The second kappa shape index (κ2) is 15.3. The highest BCUT2D eigenvalue weighted by atomic mass is 16.6. The number of rotatable bonds is 12. The van der Waals surface area contributed by atoms with Gasteiger partial charge in [0.1, 0.15) is 11.5 Å². The highest BCUT2D eigenvalue weighted by Gasteiger charge is 2.27. The van der Waals surface area contributed by atoms with Crippen molar-refractivity contribution in [1.29, 1.82) is 0 Å². The third-order valence-corrected chi connectivity index (χ3v) is 6.59. The van der Waals surface area contributed by atoms with Gasteiger partial charge in [-0.2, -0.15) is 0 Å². The molecule has 50 heavy (non-hydrogen) atoms. The van der Waals surface area contributed by atoms with Gasteiger partial charge in [0.15, 0.2) is 46.1 Å². The van der Waals surface area contributed by atoms with E-state index in [9.17, 15) is 39.0 Å². The number of benzene rings is 3. The topological polar surface area (TPSA) is 189 Å². The quantitative estimate of drug-likeness (QED) is 0.0926. The maximum atomic E-state index is 13.8. The van der Waals surface area contributed by atoms with Crippen LogP contribution in [0, 0.1) is 5.41 Å². The van der Waals surface area contributed by atoms with Gasteiger partial charge in [0.05, 0.1) is 11.0 Å². The Morgan fingerprint density at radius 2 is 1.24 bits per heavy atom. The Morgan fingerprint density at radius 1 is 0.660 bits per heavy atom. The molecule has 262 valence electrons. The highest BCUT2D eigenvalue weighted by Crippen LogP contribution is 2.40. The number of hydrogen-bond donors (Lipinski definition) is 2. The van der Waals surface area contributed by atoms with Crippen molar-refractivity contribution >= 4 is 35.4 Å². The molecule has 0 saturated carbocycles. The van der Waals surface area contributed by atoms with Crippen LogP contribution in [0.3, 0.4) is 0 Å². The number of ether oxygens (including phenoxy) is 5. The summed E-state index contributed by atoms with van der Waals surface area (Å²) in [5.41, 5.74) is -1.38. The van der Waals surface area contributed by atoms with E-state index in [1.54, 1.807) is 20.8 Å². The number of Topliss-reactive ketones (excluding diaryl/α,β-unsaturated/α-hetero) is 2. The third-order valence-electron chi connectivity index (χ3n) is 6.59. The summed E-state index contributed by atoms with van der Waals surface area (Å²) in [6.45, 7) is 17.0. The van der Waals surface area contributed by atoms with Crippen molar-refractivity contribution in [1.82, 2.24) is 0 Å². The first-order valence-corrected chi connectivity index (χ1v) is 14.9. The monoisotopic (exact) mass is 688 g/mol. The van der Waals surface area contributed by atoms with Crippen LogP contribution < -0.4 is 23.7 Å². The SMILES string of the molecule is C=C(C)C(=O)Oc1cc(CC(=O)c2cc(Oc3ccc(OC(C)=O)c(OC(=O)C(C)(C)C)c3)cc(OC(=O)C(=C)C)c2O)c(C(C)=O)cc1O. The summed E-state index contributed by atoms with van der Waals surface area (Å²) in [4.78, 5) is 75.1. The molecule has 0 aliphatic rings. The molecule has 13 heteroatoms. The van der Waals surface area contributed by atoms with Crippen molar-refractivity contribution < 1.29 is 62.7 Å². The molecule has 0 atom stereocenters. The summed E-state index contributed by atoms with van der Waals surface area (Å²) in [7, 11) is 0. The minimum absolute atomic E-state index is 0.0141. The Labute approximate surface area is 287 Å². The Bertz CT molecular complexity index is 1940. The molecule has 0 fully saturated rings. The van der Waals surface area contributed by atoms with Crippen LogP contribution in [0.2, 0.25) is 0 Å². The number of carbonyl (C=O) groups is 6. The largest absolute Gasteiger partial charge is 0.504 e. The zero-order valence-electron chi connectivity index (χ0n) is 28.5. The van der Waals surface area contributed by atoms with Crippen molar-refractivity contribution in [3.63, 3.8) is 0 Å². The van der Waals surface area contributed by atoms with Crippen LogP contribution in [0.25, 0.3) is 0 Å². The fourth-order valence-electron chi connectivity index (χ4n) is 4.00. The van der Waals surface area contributed by atoms with Gasteiger partial charge in [-0.1, -0.05) is 13.2 Å². The fraction of sp³-hybridized carbons (Fsp3) is 0.243. The summed E-state index contributed by atoms with van der Waals surface area (Å²) in [5, 5.41) is 21.5. The average Bonchev–Trinajstić information content (AvgIpc) is 3.00. The molecule has 3 aromatic rings. The lowest BCUT2D eigenvalue weighted by Gasteiger charge is -2.18. The first-order valence-electron chi connectivity index (χ1n) is 14.9. The molecule has 13 nitrogen and oxygen atoms in total. The molecule has 0 unspecified atom stereocenters. The van der Waals surface area contributed by atoms with Gasteiger partial charge in [-0.05, 0) is 77.4 Å². The van der Waals surface area contributed by atoms with E-state index in [0.717, 1.165) is 31.2 Å². The van der Waals surface area contributed by atoms with E-state index >= 15 is 0 Å². The minimum atomic E-state index is -0.931. The number of phenols is 2. The normalized spacial score (nSPS) is 10.8. The smallest absolute Gasteiger partial charge is 0.338 e. The fourth-order valence-corrected chi connectivity index (χ4v) is 4.00. The zero-order valence-corrected chi connectivity index (χ0v) is 28.5. The van der Waals surface area contributed by atoms with E-state index < -0.39 is 70.1 Å². The van der Waals surface area contributed by atoms with Crippen molar-refractivity contribution in [2.75, 3.05) is 0 Å². The van der Waals surface area contributed by atoms with Crippen LogP contribution in [0.5, 0.6) is 46.0 Å². The summed E-state index contributed by atoms with van der Waals surface area (Å²) < 4.78 is 27.0. The van der Waals surface area contributed by atoms with E-state index in [-0.39, 0.29) is 51.0 Å². The molecule has 0 amide bonds. The predicted octanol–water partition coefficient (Wildman–Crippen LogP) is 6.36. The molecule has 3 aromatic carbocycles. The number of aromatic hydroxyl groups is 2. The summed E-state index contributed by atoms with van der Waals surface area (Å²) in [5.74, 6) is -6.95. The summed E-state index contributed by atoms with van der Waals surface area (Å²) >= 11 is 0.